The molecule has 0 fully saturated rings. The molecule has 0 unspecified atom stereocenters. The molecular weight excluding hydrogens is 151 g/mol. The van der Waals surface area contributed by atoms with Crippen molar-refractivity contribution in [1.29, 1.82) is 0 Å². The summed E-state index contributed by atoms with van der Waals surface area (Å²) in [6.07, 6.45) is 0. The predicted octanol–water partition coefficient (Wildman–Crippen LogP) is -0.977. The summed E-state index contributed by atoms with van der Waals surface area (Å²) >= 11 is 0. The van der Waals surface area contributed by atoms with Gasteiger partial charge in [-0.1, -0.05) is 0 Å². The van der Waals surface area contributed by atoms with E-state index in [0.29, 0.717) is 6.04 Å². The Morgan fingerprint density at radius 3 is 1.10 bits per heavy atom. The van der Waals surface area contributed by atoms with Crippen LogP contribution in [0.15, 0.2) is 0 Å². The molecule has 0 saturated carbocycles. The molecule has 3 heteroatoms. The Kier molecular flexibility index (Phi) is 50.6. The normalized spacial score (nSPS) is 6.60. The molecule has 2 nitrogen and oxygen atoms in total. The van der Waals surface area contributed by atoms with Gasteiger partial charge in [0.15, 0.2) is 0 Å². The van der Waals surface area contributed by atoms with Gasteiger partial charge in [0.05, 0.1) is 0 Å². The van der Waals surface area contributed by atoms with Crippen LogP contribution in [-0.2, 0) is 0 Å². The van der Waals surface area contributed by atoms with Gasteiger partial charge in [0.2, 0.25) is 0 Å². The van der Waals surface area contributed by atoms with Gasteiger partial charge >= 0.3 is 51.4 Å². The molecule has 0 aliphatic carbocycles. The van der Waals surface area contributed by atoms with Crippen LogP contribution in [0, 0.1) is 14.9 Å². The Balaban J connectivity index is -0.0000000208. The number of hydrogen-bond donors (Lipinski definition) is 1. The van der Waals surface area contributed by atoms with Crippen molar-refractivity contribution in [3.63, 3.8) is 0 Å². The van der Waals surface area contributed by atoms with E-state index in [9.17, 15) is 0 Å². The fourth-order valence-electron chi connectivity index (χ4n) is 0. The molecule has 0 saturated heterocycles. The molecule has 0 heterocycles. The van der Waals surface area contributed by atoms with E-state index in [0.717, 1.165) is 0 Å². The molecule has 62 valence electrons. The van der Waals surface area contributed by atoms with Crippen molar-refractivity contribution in [3.8, 4) is 0 Å². The van der Waals surface area contributed by atoms with Crippen molar-refractivity contribution in [2.45, 2.75) is 19.9 Å². The van der Waals surface area contributed by atoms with E-state index < -0.39 is 0 Å². The number of hydrogen-bond acceptors (Lipinski definition) is 2. The molecule has 0 aromatic heterocycles. The van der Waals surface area contributed by atoms with Gasteiger partial charge in [0.1, 0.15) is 0 Å². The van der Waals surface area contributed by atoms with E-state index in [2.05, 4.69) is 32.8 Å². The maximum absolute atomic E-state index is 2.17. The van der Waals surface area contributed by atoms with E-state index in [1.165, 1.54) is 0 Å². The van der Waals surface area contributed by atoms with Crippen LogP contribution in [-0.4, -0.2) is 25.0 Å². The maximum atomic E-state index is 2.17. The Bertz CT molecular complexity index is 32.6. The largest absolute Gasteiger partial charge is 1.00 e. The smallest absolute Gasteiger partial charge is 0.358 e. The molecular formula is C7H22KN2-. The van der Waals surface area contributed by atoms with Crippen LogP contribution in [0.25, 0.3) is 0 Å². The van der Waals surface area contributed by atoms with Gasteiger partial charge in [-0.05, 0) is 27.9 Å². The summed E-state index contributed by atoms with van der Waals surface area (Å²) in [5.41, 5.74) is 0. The van der Waals surface area contributed by atoms with Crippen LogP contribution in [0.2, 0.25) is 0 Å². The molecule has 0 aliphatic rings. The first-order valence-electron chi connectivity index (χ1n) is 2.31. The van der Waals surface area contributed by atoms with E-state index >= 15 is 0 Å². The summed E-state index contributed by atoms with van der Waals surface area (Å²) in [7, 11) is 4.15. The van der Waals surface area contributed by atoms with Gasteiger partial charge in [-0.15, -0.1) is 0 Å². The maximum Gasteiger partial charge on any atom is 1.00 e. The van der Waals surface area contributed by atoms with Crippen molar-refractivity contribution < 1.29 is 51.4 Å². The second kappa shape index (κ2) is 16.9. The third kappa shape index (κ3) is 22.7. The van der Waals surface area contributed by atoms with Crippen LogP contribution in [0.1, 0.15) is 13.8 Å². The van der Waals surface area contributed by atoms with Gasteiger partial charge < -0.3 is 25.9 Å². The molecule has 0 aliphatic heterocycles. The van der Waals surface area contributed by atoms with Crippen molar-refractivity contribution in [2.75, 3.05) is 14.1 Å². The van der Waals surface area contributed by atoms with E-state index in [1.807, 2.05) is 0 Å². The number of rotatable bonds is 1. The van der Waals surface area contributed by atoms with Gasteiger partial charge in [0.25, 0.3) is 0 Å². The third-order valence-corrected chi connectivity index (χ3v) is 1.03. The zero-order chi connectivity index (χ0) is 5.15. The van der Waals surface area contributed by atoms with Crippen molar-refractivity contribution in [2.24, 2.45) is 0 Å². The second-order valence-corrected chi connectivity index (χ2v) is 2.06. The Labute approximate surface area is 110 Å². The first-order chi connectivity index (χ1) is 2.64. The first kappa shape index (κ1) is 30.0. The molecule has 0 aromatic rings. The molecule has 0 aromatic carbocycles. The van der Waals surface area contributed by atoms with Gasteiger partial charge in [-0.25, -0.2) is 0 Å². The summed E-state index contributed by atoms with van der Waals surface area (Å²) in [6, 6.07) is 0.685. The quantitative estimate of drug-likeness (QED) is 0.409. The minimum Gasteiger partial charge on any atom is -0.358 e. The molecule has 0 bridgehead atoms. The first-order valence-corrected chi connectivity index (χ1v) is 2.31. The van der Waals surface area contributed by atoms with Crippen LogP contribution < -0.4 is 57.5 Å². The summed E-state index contributed by atoms with van der Waals surface area (Å²) in [5.74, 6) is 0. The topological polar surface area (TPSA) is 38.2 Å². The van der Waals surface area contributed by atoms with Crippen LogP contribution in [0.5, 0.6) is 0 Å². The Hall–Kier alpha value is 1.56. The molecule has 0 amide bonds. The molecule has 0 atom stereocenters. The van der Waals surface area contributed by atoms with Crippen molar-refractivity contribution in [3.05, 3.63) is 14.9 Å². The average molecular weight is 173 g/mol. The second-order valence-electron chi connectivity index (χ2n) is 2.06. The van der Waals surface area contributed by atoms with Crippen LogP contribution >= 0.6 is 0 Å². The SMILES string of the molecule is CC(C)N(C)C.N.[CH3-].[CH3-].[K+]. The summed E-state index contributed by atoms with van der Waals surface area (Å²) in [6.45, 7) is 4.33. The molecule has 3 N–H and O–H groups in total. The zero-order valence-corrected chi connectivity index (χ0v) is 11.9. The minimum atomic E-state index is 0. The fourth-order valence-corrected chi connectivity index (χ4v) is 0. The van der Waals surface area contributed by atoms with Crippen LogP contribution in [0.3, 0.4) is 0 Å². The minimum absolute atomic E-state index is 0. The summed E-state index contributed by atoms with van der Waals surface area (Å²) in [4.78, 5) is 2.17. The van der Waals surface area contributed by atoms with Crippen LogP contribution in [0.4, 0.5) is 0 Å². The summed E-state index contributed by atoms with van der Waals surface area (Å²) in [5, 5.41) is 0. The van der Waals surface area contributed by atoms with E-state index in [4.69, 9.17) is 0 Å². The van der Waals surface area contributed by atoms with Gasteiger partial charge in [0, 0.05) is 6.04 Å². The van der Waals surface area contributed by atoms with Crippen molar-refractivity contribution >= 4 is 0 Å². The monoisotopic (exact) mass is 173 g/mol. The Morgan fingerprint density at radius 2 is 1.10 bits per heavy atom. The predicted molar refractivity (Wildman–Crippen MR) is 46.7 cm³/mol. The standard InChI is InChI=1S/C5H13N.2CH3.K.H3N/c1-5(2)6(3)4;;;;/h5H,1-4H3;2*1H3;;1H3/q;2*-1;+1;. The van der Waals surface area contributed by atoms with E-state index in [1.54, 1.807) is 0 Å². The Morgan fingerprint density at radius 1 is 1.00 bits per heavy atom. The average Bonchev–Trinajstić information content (AvgIpc) is 1.36. The molecule has 0 radical (unpaired) electrons. The fraction of sp³-hybridized carbons (Fsp3) is 0.714. The molecule has 0 spiro atoms. The summed E-state index contributed by atoms with van der Waals surface area (Å²) < 4.78 is 0. The molecule has 10 heavy (non-hydrogen) atoms. The van der Waals surface area contributed by atoms with Gasteiger partial charge in [-0.2, -0.15) is 0 Å². The zero-order valence-electron chi connectivity index (χ0n) is 8.73. The number of nitrogens with zero attached hydrogens (tertiary/aromatic N) is 1. The van der Waals surface area contributed by atoms with E-state index in [-0.39, 0.29) is 72.4 Å². The third-order valence-electron chi connectivity index (χ3n) is 1.03. The molecule has 0 rings (SSSR count). The van der Waals surface area contributed by atoms with Crippen molar-refractivity contribution in [1.82, 2.24) is 11.1 Å². The van der Waals surface area contributed by atoms with Gasteiger partial charge in [-0.3, -0.25) is 0 Å².